The Morgan fingerprint density at radius 1 is 1.50 bits per heavy atom. The molecule has 1 unspecified atom stereocenters. The zero-order valence-electron chi connectivity index (χ0n) is 8.62. The number of nitrogens with one attached hydrogen (secondary N) is 1. The fraction of sp³-hybridized carbons (Fsp3) is 0.556. The lowest BCUT2D eigenvalue weighted by Gasteiger charge is -2.09. The van der Waals surface area contributed by atoms with Gasteiger partial charge in [0.15, 0.2) is 0 Å². The van der Waals surface area contributed by atoms with E-state index in [1.54, 1.807) is 6.92 Å². The third-order valence-corrected chi connectivity index (χ3v) is 1.79. The molecule has 0 fully saturated rings. The van der Waals surface area contributed by atoms with Gasteiger partial charge in [-0.1, -0.05) is 0 Å². The summed E-state index contributed by atoms with van der Waals surface area (Å²) >= 11 is 0. The number of hydrogen-bond acceptors (Lipinski definition) is 4. The van der Waals surface area contributed by atoms with Crippen LogP contribution in [0.2, 0.25) is 0 Å². The molecule has 0 bridgehead atoms. The van der Waals surface area contributed by atoms with E-state index in [-0.39, 0.29) is 5.95 Å². The summed E-state index contributed by atoms with van der Waals surface area (Å²) in [5.74, 6) is -0.0875. The van der Waals surface area contributed by atoms with Crippen molar-refractivity contribution in [2.24, 2.45) is 0 Å². The molecule has 2 N–H and O–H groups in total. The normalized spacial score (nSPS) is 13.6. The quantitative estimate of drug-likeness (QED) is 0.833. The highest BCUT2D eigenvalue weighted by molar-refractivity contribution is 5.25. The van der Waals surface area contributed by atoms with E-state index in [0.717, 1.165) is 12.3 Å². The smallest absolute Gasteiger partial charge is 0.393 e. The van der Waals surface area contributed by atoms with E-state index in [1.165, 1.54) is 0 Å². The molecule has 1 aromatic rings. The van der Waals surface area contributed by atoms with E-state index >= 15 is 0 Å². The molecule has 1 rings (SSSR count). The SMILES string of the molecule is CC(O)CCNc1nccc(C(F)(F)F)n1. The molecule has 0 aliphatic rings. The summed E-state index contributed by atoms with van der Waals surface area (Å²) in [7, 11) is 0. The van der Waals surface area contributed by atoms with Crippen LogP contribution in [-0.4, -0.2) is 27.7 Å². The van der Waals surface area contributed by atoms with Crippen molar-refractivity contribution in [2.45, 2.75) is 25.6 Å². The first-order valence-electron chi connectivity index (χ1n) is 4.72. The van der Waals surface area contributed by atoms with Gasteiger partial charge in [-0.05, 0) is 19.4 Å². The highest BCUT2D eigenvalue weighted by Gasteiger charge is 2.32. The number of nitrogens with zero attached hydrogens (tertiary/aromatic N) is 2. The van der Waals surface area contributed by atoms with Crippen LogP contribution in [0.3, 0.4) is 0 Å². The molecule has 0 saturated carbocycles. The Hall–Kier alpha value is -1.37. The molecule has 1 heterocycles. The first kappa shape index (κ1) is 12.7. The van der Waals surface area contributed by atoms with Crippen molar-refractivity contribution in [2.75, 3.05) is 11.9 Å². The maximum atomic E-state index is 12.3. The van der Waals surface area contributed by atoms with Crippen molar-refractivity contribution in [3.05, 3.63) is 18.0 Å². The largest absolute Gasteiger partial charge is 0.433 e. The number of anilines is 1. The number of hydrogen-bond donors (Lipinski definition) is 2. The van der Waals surface area contributed by atoms with Gasteiger partial charge in [0.25, 0.3) is 0 Å². The Morgan fingerprint density at radius 2 is 2.19 bits per heavy atom. The summed E-state index contributed by atoms with van der Waals surface area (Å²) < 4.78 is 36.8. The van der Waals surface area contributed by atoms with Crippen LogP contribution in [0.15, 0.2) is 12.3 Å². The Kier molecular flexibility index (Phi) is 4.05. The van der Waals surface area contributed by atoms with Gasteiger partial charge in [-0.15, -0.1) is 0 Å². The van der Waals surface area contributed by atoms with Gasteiger partial charge in [0, 0.05) is 12.7 Å². The summed E-state index contributed by atoms with van der Waals surface area (Å²) in [5, 5.41) is 11.6. The van der Waals surface area contributed by atoms with Crippen LogP contribution in [-0.2, 0) is 6.18 Å². The van der Waals surface area contributed by atoms with Crippen molar-refractivity contribution in [1.82, 2.24) is 9.97 Å². The predicted molar refractivity (Wildman–Crippen MR) is 51.8 cm³/mol. The van der Waals surface area contributed by atoms with Gasteiger partial charge in [-0.3, -0.25) is 0 Å². The Balaban J connectivity index is 2.61. The minimum absolute atomic E-state index is 0.0875. The van der Waals surface area contributed by atoms with Crippen LogP contribution in [0.1, 0.15) is 19.0 Å². The Bertz CT molecular complexity index is 341. The molecule has 4 nitrogen and oxygen atoms in total. The number of rotatable bonds is 4. The Morgan fingerprint density at radius 3 is 2.75 bits per heavy atom. The molecule has 0 aromatic carbocycles. The van der Waals surface area contributed by atoms with Gasteiger partial charge in [0.05, 0.1) is 6.10 Å². The highest BCUT2D eigenvalue weighted by atomic mass is 19.4. The zero-order valence-corrected chi connectivity index (χ0v) is 8.62. The summed E-state index contributed by atoms with van der Waals surface area (Å²) in [6.45, 7) is 1.91. The molecule has 0 spiro atoms. The summed E-state index contributed by atoms with van der Waals surface area (Å²) in [4.78, 5) is 6.96. The van der Waals surface area contributed by atoms with E-state index in [0.29, 0.717) is 13.0 Å². The number of alkyl halides is 3. The molecule has 0 radical (unpaired) electrons. The van der Waals surface area contributed by atoms with Crippen molar-refractivity contribution >= 4 is 5.95 Å². The molecular weight excluding hydrogens is 223 g/mol. The van der Waals surface area contributed by atoms with Crippen LogP contribution >= 0.6 is 0 Å². The topological polar surface area (TPSA) is 58.0 Å². The van der Waals surface area contributed by atoms with E-state index in [2.05, 4.69) is 15.3 Å². The fourth-order valence-electron chi connectivity index (χ4n) is 0.995. The van der Waals surface area contributed by atoms with E-state index in [9.17, 15) is 13.2 Å². The first-order chi connectivity index (χ1) is 7.39. The molecular formula is C9H12F3N3O. The maximum Gasteiger partial charge on any atom is 0.433 e. The number of aromatic nitrogens is 2. The first-order valence-corrected chi connectivity index (χ1v) is 4.72. The van der Waals surface area contributed by atoms with Gasteiger partial charge in [0.2, 0.25) is 5.95 Å². The monoisotopic (exact) mass is 235 g/mol. The van der Waals surface area contributed by atoms with E-state index in [1.807, 2.05) is 0 Å². The molecule has 0 amide bonds. The molecule has 90 valence electrons. The lowest BCUT2D eigenvalue weighted by Crippen LogP contribution is -2.14. The zero-order chi connectivity index (χ0) is 12.2. The number of halogens is 3. The average Bonchev–Trinajstić information content (AvgIpc) is 2.16. The predicted octanol–water partition coefficient (Wildman–Crippen LogP) is 1.68. The summed E-state index contributed by atoms with van der Waals surface area (Å²) in [6, 6.07) is 0.805. The number of aliphatic hydroxyl groups excluding tert-OH is 1. The van der Waals surface area contributed by atoms with Crippen LogP contribution in [0.5, 0.6) is 0 Å². The van der Waals surface area contributed by atoms with E-state index < -0.39 is 18.0 Å². The summed E-state index contributed by atoms with van der Waals surface area (Å²) in [6.07, 6.45) is -3.53. The molecule has 1 atom stereocenters. The minimum Gasteiger partial charge on any atom is -0.393 e. The maximum absolute atomic E-state index is 12.3. The van der Waals surface area contributed by atoms with Gasteiger partial charge < -0.3 is 10.4 Å². The van der Waals surface area contributed by atoms with Crippen LogP contribution in [0.4, 0.5) is 19.1 Å². The van der Waals surface area contributed by atoms with Gasteiger partial charge >= 0.3 is 6.18 Å². The van der Waals surface area contributed by atoms with Gasteiger partial charge in [-0.25, -0.2) is 9.97 Å². The fourth-order valence-corrected chi connectivity index (χ4v) is 0.995. The average molecular weight is 235 g/mol. The van der Waals surface area contributed by atoms with E-state index in [4.69, 9.17) is 5.11 Å². The van der Waals surface area contributed by atoms with Crippen molar-refractivity contribution in [3.63, 3.8) is 0 Å². The summed E-state index contributed by atoms with van der Waals surface area (Å²) in [5.41, 5.74) is -0.984. The van der Waals surface area contributed by atoms with Crippen LogP contribution in [0.25, 0.3) is 0 Å². The molecule has 1 aromatic heterocycles. The van der Waals surface area contributed by atoms with Gasteiger partial charge in [0.1, 0.15) is 5.69 Å². The highest BCUT2D eigenvalue weighted by Crippen LogP contribution is 2.27. The number of aliphatic hydroxyl groups is 1. The molecule has 0 saturated heterocycles. The van der Waals surface area contributed by atoms with Crippen molar-refractivity contribution < 1.29 is 18.3 Å². The standard InChI is InChI=1S/C9H12F3N3O/c1-6(16)2-4-13-8-14-5-3-7(15-8)9(10,11)12/h3,5-6,16H,2,4H2,1H3,(H,13,14,15). The minimum atomic E-state index is -4.47. The molecule has 7 heteroatoms. The third kappa shape index (κ3) is 4.01. The molecule has 16 heavy (non-hydrogen) atoms. The van der Waals surface area contributed by atoms with Crippen LogP contribution < -0.4 is 5.32 Å². The lowest BCUT2D eigenvalue weighted by molar-refractivity contribution is -0.141. The van der Waals surface area contributed by atoms with Gasteiger partial charge in [-0.2, -0.15) is 13.2 Å². The molecule has 0 aliphatic carbocycles. The third-order valence-electron chi connectivity index (χ3n) is 1.79. The lowest BCUT2D eigenvalue weighted by atomic mass is 10.3. The van der Waals surface area contributed by atoms with Crippen molar-refractivity contribution in [1.29, 1.82) is 0 Å². The second kappa shape index (κ2) is 5.11. The van der Waals surface area contributed by atoms with Crippen LogP contribution in [0, 0.1) is 0 Å². The molecule has 0 aliphatic heterocycles. The second-order valence-corrected chi connectivity index (χ2v) is 3.33. The Labute approximate surface area is 90.5 Å². The second-order valence-electron chi connectivity index (χ2n) is 3.33. The van der Waals surface area contributed by atoms with Crippen molar-refractivity contribution in [3.8, 4) is 0 Å².